The maximum atomic E-state index is 12.8. The molecule has 0 heterocycles. The Bertz CT molecular complexity index is 992. The van der Waals surface area contributed by atoms with E-state index in [4.69, 9.17) is 5.73 Å². The zero-order valence-electron chi connectivity index (χ0n) is 12.7. The molecular weight excluding hydrogens is 300 g/mol. The highest BCUT2D eigenvalue weighted by molar-refractivity contribution is 6.25. The van der Waals surface area contributed by atoms with E-state index >= 15 is 0 Å². The molecule has 0 unspecified atom stereocenters. The van der Waals surface area contributed by atoms with Crippen molar-refractivity contribution in [3.8, 4) is 11.1 Å². The number of nitrogens with one attached hydrogen (secondary N) is 1. The van der Waals surface area contributed by atoms with E-state index in [0.717, 1.165) is 5.56 Å². The lowest BCUT2D eigenvalue weighted by molar-refractivity contribution is 0.102. The van der Waals surface area contributed by atoms with E-state index in [1.54, 1.807) is 48.5 Å². The Balaban J connectivity index is 1.81. The highest BCUT2D eigenvalue weighted by atomic mass is 16.1. The Hall–Kier alpha value is -3.40. The number of anilines is 2. The molecule has 4 heteroatoms. The summed E-state index contributed by atoms with van der Waals surface area (Å²) in [6.07, 6.45) is 0. The van der Waals surface area contributed by atoms with Crippen LogP contribution < -0.4 is 11.1 Å². The third-order valence-corrected chi connectivity index (χ3v) is 4.20. The molecule has 0 atom stereocenters. The van der Waals surface area contributed by atoms with Crippen LogP contribution in [0.5, 0.6) is 0 Å². The van der Waals surface area contributed by atoms with Gasteiger partial charge in [0.25, 0.3) is 5.91 Å². The molecule has 3 aromatic carbocycles. The highest BCUT2D eigenvalue weighted by Gasteiger charge is 2.30. The first kappa shape index (κ1) is 14.2. The SMILES string of the molecule is Nc1ccccc1NC(=O)c1cccc2c1-c1ccccc1C2=O. The van der Waals surface area contributed by atoms with Gasteiger partial charge in [0, 0.05) is 22.3 Å². The van der Waals surface area contributed by atoms with Gasteiger partial charge >= 0.3 is 0 Å². The van der Waals surface area contributed by atoms with Gasteiger partial charge in [-0.25, -0.2) is 0 Å². The van der Waals surface area contributed by atoms with Crippen LogP contribution in [0.3, 0.4) is 0 Å². The molecule has 116 valence electrons. The lowest BCUT2D eigenvalue weighted by atomic mass is 9.99. The summed E-state index contributed by atoms with van der Waals surface area (Å²) in [4.78, 5) is 25.3. The molecule has 0 saturated heterocycles. The van der Waals surface area contributed by atoms with E-state index in [2.05, 4.69) is 5.32 Å². The summed E-state index contributed by atoms with van der Waals surface area (Å²) < 4.78 is 0. The van der Waals surface area contributed by atoms with Crippen molar-refractivity contribution >= 4 is 23.1 Å². The van der Waals surface area contributed by atoms with Gasteiger partial charge in [-0.3, -0.25) is 9.59 Å². The van der Waals surface area contributed by atoms with Gasteiger partial charge < -0.3 is 11.1 Å². The number of ketones is 1. The van der Waals surface area contributed by atoms with E-state index in [9.17, 15) is 9.59 Å². The average molecular weight is 314 g/mol. The average Bonchev–Trinajstić information content (AvgIpc) is 2.90. The third-order valence-electron chi connectivity index (χ3n) is 4.20. The fourth-order valence-electron chi connectivity index (χ4n) is 3.07. The molecule has 0 spiro atoms. The molecule has 1 amide bonds. The fourth-order valence-corrected chi connectivity index (χ4v) is 3.07. The fraction of sp³-hybridized carbons (Fsp3) is 0. The van der Waals surface area contributed by atoms with Crippen molar-refractivity contribution in [1.29, 1.82) is 0 Å². The molecule has 0 bridgehead atoms. The summed E-state index contributed by atoms with van der Waals surface area (Å²) in [5, 5.41) is 2.83. The minimum atomic E-state index is -0.283. The molecule has 0 fully saturated rings. The molecule has 24 heavy (non-hydrogen) atoms. The van der Waals surface area contributed by atoms with E-state index in [1.165, 1.54) is 0 Å². The van der Waals surface area contributed by atoms with Gasteiger partial charge in [-0.05, 0) is 23.8 Å². The second-order valence-electron chi connectivity index (χ2n) is 5.64. The van der Waals surface area contributed by atoms with E-state index in [-0.39, 0.29) is 11.7 Å². The topological polar surface area (TPSA) is 72.2 Å². The Kier molecular flexibility index (Phi) is 3.17. The maximum Gasteiger partial charge on any atom is 0.256 e. The number of rotatable bonds is 2. The van der Waals surface area contributed by atoms with Gasteiger partial charge in [-0.2, -0.15) is 0 Å². The van der Waals surface area contributed by atoms with Crippen molar-refractivity contribution in [2.45, 2.75) is 0 Å². The molecule has 0 aromatic heterocycles. The molecule has 0 radical (unpaired) electrons. The Morgan fingerprint density at radius 3 is 2.25 bits per heavy atom. The zero-order chi connectivity index (χ0) is 16.7. The first-order chi connectivity index (χ1) is 11.7. The molecular formula is C20H14N2O2. The van der Waals surface area contributed by atoms with Crippen LogP contribution in [-0.2, 0) is 0 Å². The van der Waals surface area contributed by atoms with Crippen molar-refractivity contribution in [3.63, 3.8) is 0 Å². The monoisotopic (exact) mass is 314 g/mol. The van der Waals surface area contributed by atoms with Gasteiger partial charge in [0.2, 0.25) is 0 Å². The molecule has 4 nitrogen and oxygen atoms in total. The normalized spacial score (nSPS) is 11.8. The Morgan fingerprint density at radius 2 is 1.46 bits per heavy atom. The van der Waals surface area contributed by atoms with Crippen LogP contribution in [-0.4, -0.2) is 11.7 Å². The second-order valence-corrected chi connectivity index (χ2v) is 5.64. The molecule has 3 N–H and O–H groups in total. The number of amides is 1. The lowest BCUT2D eigenvalue weighted by Crippen LogP contribution is -2.14. The summed E-state index contributed by atoms with van der Waals surface area (Å²) in [5.41, 5.74) is 10.1. The van der Waals surface area contributed by atoms with Crippen molar-refractivity contribution in [2.75, 3.05) is 11.1 Å². The molecule has 1 aliphatic rings. The van der Waals surface area contributed by atoms with E-state index in [1.807, 2.05) is 18.2 Å². The predicted molar refractivity (Wildman–Crippen MR) is 94.1 cm³/mol. The van der Waals surface area contributed by atoms with Gasteiger partial charge in [0.05, 0.1) is 11.4 Å². The second kappa shape index (κ2) is 5.35. The van der Waals surface area contributed by atoms with Gasteiger partial charge in [-0.1, -0.05) is 48.5 Å². The van der Waals surface area contributed by atoms with Gasteiger partial charge in [0.15, 0.2) is 5.78 Å². The molecule has 0 aliphatic heterocycles. The zero-order valence-corrected chi connectivity index (χ0v) is 12.7. The van der Waals surface area contributed by atoms with Crippen LogP contribution >= 0.6 is 0 Å². The summed E-state index contributed by atoms with van der Waals surface area (Å²) >= 11 is 0. The van der Waals surface area contributed by atoms with Gasteiger partial charge in [0.1, 0.15) is 0 Å². The summed E-state index contributed by atoms with van der Waals surface area (Å²) in [7, 11) is 0. The minimum absolute atomic E-state index is 0.0468. The number of para-hydroxylation sites is 2. The van der Waals surface area contributed by atoms with Crippen molar-refractivity contribution in [1.82, 2.24) is 0 Å². The lowest BCUT2D eigenvalue weighted by Gasteiger charge is -2.11. The van der Waals surface area contributed by atoms with Crippen LogP contribution in [0.2, 0.25) is 0 Å². The molecule has 0 saturated carbocycles. The van der Waals surface area contributed by atoms with Crippen LogP contribution in [0.1, 0.15) is 26.3 Å². The largest absolute Gasteiger partial charge is 0.397 e. The quantitative estimate of drug-likeness (QED) is 0.554. The third kappa shape index (κ3) is 2.08. The van der Waals surface area contributed by atoms with Crippen LogP contribution in [0.15, 0.2) is 66.7 Å². The number of nitrogens with two attached hydrogens (primary N) is 1. The summed E-state index contributed by atoms with van der Waals surface area (Å²) in [5.74, 6) is -0.330. The minimum Gasteiger partial charge on any atom is -0.397 e. The molecule has 1 aliphatic carbocycles. The number of fused-ring (bicyclic) bond motifs is 3. The summed E-state index contributed by atoms with van der Waals surface area (Å²) in [6.45, 7) is 0. The number of hydrogen-bond acceptors (Lipinski definition) is 3. The maximum absolute atomic E-state index is 12.8. The number of nitrogen functional groups attached to an aromatic ring is 1. The van der Waals surface area contributed by atoms with Crippen LogP contribution in [0.25, 0.3) is 11.1 Å². The molecule has 4 rings (SSSR count). The van der Waals surface area contributed by atoms with Crippen molar-refractivity contribution in [2.24, 2.45) is 0 Å². The Morgan fingerprint density at radius 1 is 0.792 bits per heavy atom. The molecule has 3 aromatic rings. The van der Waals surface area contributed by atoms with E-state index < -0.39 is 0 Å². The number of hydrogen-bond donors (Lipinski definition) is 2. The smallest absolute Gasteiger partial charge is 0.256 e. The number of carbonyl (C=O) groups excluding carboxylic acids is 2. The van der Waals surface area contributed by atoms with Crippen LogP contribution in [0, 0.1) is 0 Å². The predicted octanol–water partition coefficient (Wildman–Crippen LogP) is 3.73. The first-order valence-electron chi connectivity index (χ1n) is 7.60. The standard InChI is InChI=1S/C20H14N2O2/c21-16-10-3-4-11-17(16)22-20(24)15-9-5-8-14-18(15)12-6-1-2-7-13(12)19(14)23/h1-11H,21H2,(H,22,24). The van der Waals surface area contributed by atoms with Crippen LogP contribution in [0.4, 0.5) is 11.4 Å². The first-order valence-corrected chi connectivity index (χ1v) is 7.60. The van der Waals surface area contributed by atoms with Crippen molar-refractivity contribution < 1.29 is 9.59 Å². The number of benzene rings is 3. The highest BCUT2D eigenvalue weighted by Crippen LogP contribution is 2.39. The van der Waals surface area contributed by atoms with Gasteiger partial charge in [-0.15, -0.1) is 0 Å². The summed E-state index contributed by atoms with van der Waals surface area (Å²) in [6, 6.07) is 19.6. The number of carbonyl (C=O) groups is 2. The Labute approximate surface area is 138 Å². The van der Waals surface area contributed by atoms with Crippen molar-refractivity contribution in [3.05, 3.63) is 83.4 Å². The van der Waals surface area contributed by atoms with E-state index in [0.29, 0.717) is 33.6 Å².